The maximum atomic E-state index is 13.0. The molecular weight excluding hydrogens is 596 g/mol. The molecule has 1 saturated carbocycles. The summed E-state index contributed by atoms with van der Waals surface area (Å²) in [6.07, 6.45) is -6.31. The lowest BCUT2D eigenvalue weighted by Gasteiger charge is -2.45. The van der Waals surface area contributed by atoms with Crippen LogP contribution in [0.25, 0.3) is 0 Å². The molecule has 232 valence electrons. The number of carboxylic acid groups (broad SMARTS) is 1. The Morgan fingerprint density at radius 1 is 1.02 bits per heavy atom. The van der Waals surface area contributed by atoms with E-state index in [0.717, 1.165) is 44.0 Å². The number of amides is 2. The van der Waals surface area contributed by atoms with Gasteiger partial charge in [0.05, 0.1) is 30.5 Å². The van der Waals surface area contributed by atoms with Crippen LogP contribution in [0.5, 0.6) is 11.5 Å². The molecule has 2 fully saturated rings. The minimum atomic E-state index is -5.08. The number of benzene rings is 2. The summed E-state index contributed by atoms with van der Waals surface area (Å²) < 4.78 is 81.8. The third-order valence-electron chi connectivity index (χ3n) is 7.61. The average Bonchev–Trinajstić information content (AvgIpc) is 3.25. The summed E-state index contributed by atoms with van der Waals surface area (Å²) >= 11 is 6.02. The Labute approximate surface area is 242 Å². The summed E-state index contributed by atoms with van der Waals surface area (Å²) in [5.74, 6) is -1.39. The van der Waals surface area contributed by atoms with E-state index in [0.29, 0.717) is 17.9 Å². The SMILES string of the molecule is COc1ccc([C@@]23CC[C@@H](NC(=O)Nc4cc(C(F)(F)F)ccc4Cl)C[C@@H]2N(C)CC3)cc1OC.O=C(O)C(F)(F)F. The number of hydrogen-bond donors (Lipinski definition) is 3. The number of ether oxygens (including phenoxy) is 2. The van der Waals surface area contributed by atoms with Gasteiger partial charge < -0.3 is 30.1 Å². The monoisotopic (exact) mass is 625 g/mol. The highest BCUT2D eigenvalue weighted by atomic mass is 35.5. The zero-order valence-corrected chi connectivity index (χ0v) is 23.6. The van der Waals surface area contributed by atoms with Gasteiger partial charge in [-0.3, -0.25) is 0 Å². The minimum absolute atomic E-state index is 0.0415. The van der Waals surface area contributed by atoms with Crippen molar-refractivity contribution < 1.29 is 50.5 Å². The quantitative estimate of drug-likeness (QED) is 0.336. The number of likely N-dealkylation sites (tertiary alicyclic amines) is 1. The van der Waals surface area contributed by atoms with Gasteiger partial charge >= 0.3 is 24.4 Å². The summed E-state index contributed by atoms with van der Waals surface area (Å²) in [6, 6.07) is 8.41. The number of carboxylic acids is 1. The van der Waals surface area contributed by atoms with Crippen LogP contribution in [0, 0.1) is 0 Å². The molecule has 0 spiro atoms. The van der Waals surface area contributed by atoms with Crippen molar-refractivity contribution in [2.24, 2.45) is 0 Å². The van der Waals surface area contributed by atoms with Crippen LogP contribution in [0.2, 0.25) is 5.02 Å². The third-order valence-corrected chi connectivity index (χ3v) is 7.93. The number of rotatable bonds is 5. The van der Waals surface area contributed by atoms with Crippen LogP contribution in [0.1, 0.15) is 36.8 Å². The minimum Gasteiger partial charge on any atom is -0.493 e. The first-order valence-electron chi connectivity index (χ1n) is 12.7. The first-order valence-corrected chi connectivity index (χ1v) is 13.1. The van der Waals surface area contributed by atoms with E-state index in [2.05, 4.69) is 28.6 Å². The van der Waals surface area contributed by atoms with E-state index in [9.17, 15) is 31.1 Å². The molecule has 1 aliphatic carbocycles. The van der Waals surface area contributed by atoms with Crippen LogP contribution in [0.4, 0.5) is 36.8 Å². The summed E-state index contributed by atoms with van der Waals surface area (Å²) in [5.41, 5.74) is 0.158. The smallest absolute Gasteiger partial charge is 0.490 e. The molecule has 8 nitrogen and oxygen atoms in total. The average molecular weight is 626 g/mol. The zero-order chi connectivity index (χ0) is 31.5. The molecule has 0 aromatic heterocycles. The number of hydrogen-bond acceptors (Lipinski definition) is 5. The highest BCUT2D eigenvalue weighted by molar-refractivity contribution is 6.33. The van der Waals surface area contributed by atoms with Gasteiger partial charge in [-0.15, -0.1) is 0 Å². The molecule has 0 bridgehead atoms. The van der Waals surface area contributed by atoms with Gasteiger partial charge in [-0.2, -0.15) is 26.3 Å². The molecule has 0 unspecified atom stereocenters. The molecule has 1 heterocycles. The molecule has 42 heavy (non-hydrogen) atoms. The Kier molecular flexibility index (Phi) is 10.1. The number of likely N-dealkylation sites (N-methyl/N-ethyl adjacent to an activating group) is 1. The summed E-state index contributed by atoms with van der Waals surface area (Å²) in [6.45, 7) is 0.928. The second-order valence-corrected chi connectivity index (χ2v) is 10.4. The van der Waals surface area contributed by atoms with E-state index in [1.165, 1.54) is 5.56 Å². The number of alkyl halides is 6. The van der Waals surface area contributed by atoms with Crippen molar-refractivity contribution in [3.05, 3.63) is 52.5 Å². The first kappa shape index (κ1) is 33.1. The van der Waals surface area contributed by atoms with Gasteiger partial charge in [-0.05, 0) is 75.2 Å². The second-order valence-electron chi connectivity index (χ2n) is 10.0. The van der Waals surface area contributed by atoms with Gasteiger partial charge in [-0.1, -0.05) is 17.7 Å². The Balaban J connectivity index is 0.000000616. The van der Waals surface area contributed by atoms with Gasteiger partial charge in [0.25, 0.3) is 0 Å². The van der Waals surface area contributed by atoms with Crippen LogP contribution < -0.4 is 20.1 Å². The summed E-state index contributed by atoms with van der Waals surface area (Å²) in [7, 11) is 5.31. The van der Waals surface area contributed by atoms with Crippen molar-refractivity contribution in [3.8, 4) is 11.5 Å². The number of carbonyl (C=O) groups is 2. The van der Waals surface area contributed by atoms with Crippen LogP contribution in [0.3, 0.4) is 0 Å². The van der Waals surface area contributed by atoms with Gasteiger partial charge in [0.15, 0.2) is 11.5 Å². The maximum absolute atomic E-state index is 13.0. The molecule has 2 aromatic carbocycles. The van der Waals surface area contributed by atoms with E-state index in [1.807, 2.05) is 12.1 Å². The standard InChI is InChI=1S/C25H29ClF3N3O3.C2HF3O2/c1-32-11-10-24(15-5-7-20(34-2)21(13-15)35-3)9-8-17(14-22(24)32)30-23(33)31-19-12-16(25(27,28)29)4-6-18(19)26;3-2(4,5)1(6)7/h4-7,12-13,17,22H,8-11,14H2,1-3H3,(H2,30,31,33);(H,6,7)/t17-,22+,24+;/m1./s1. The second kappa shape index (κ2) is 12.9. The van der Waals surface area contributed by atoms with Crippen molar-refractivity contribution in [1.29, 1.82) is 0 Å². The molecule has 2 aliphatic rings. The predicted octanol–water partition coefficient (Wildman–Crippen LogP) is 6.33. The number of fused-ring (bicyclic) bond motifs is 1. The number of carbonyl (C=O) groups excluding carboxylic acids is 1. The number of nitrogens with one attached hydrogen (secondary N) is 2. The van der Waals surface area contributed by atoms with E-state index in [-0.39, 0.29) is 28.2 Å². The van der Waals surface area contributed by atoms with Gasteiger partial charge in [0, 0.05) is 17.5 Å². The number of halogens is 7. The van der Waals surface area contributed by atoms with E-state index in [4.69, 9.17) is 31.0 Å². The number of urea groups is 1. The van der Waals surface area contributed by atoms with E-state index < -0.39 is 29.9 Å². The highest BCUT2D eigenvalue weighted by Crippen LogP contribution is 2.50. The summed E-state index contributed by atoms with van der Waals surface area (Å²) in [5, 5.41) is 12.6. The van der Waals surface area contributed by atoms with Crippen molar-refractivity contribution in [1.82, 2.24) is 10.2 Å². The van der Waals surface area contributed by atoms with Crippen molar-refractivity contribution in [3.63, 3.8) is 0 Å². The third kappa shape index (κ3) is 7.51. The van der Waals surface area contributed by atoms with Gasteiger partial charge in [0.1, 0.15) is 0 Å². The van der Waals surface area contributed by atoms with E-state index >= 15 is 0 Å². The van der Waals surface area contributed by atoms with Crippen LogP contribution >= 0.6 is 11.6 Å². The fraction of sp³-hybridized carbons (Fsp3) is 0.481. The number of methoxy groups -OCH3 is 2. The molecule has 2 amide bonds. The topological polar surface area (TPSA) is 100 Å². The normalized spacial score (nSPS) is 22.3. The number of anilines is 1. The molecule has 0 radical (unpaired) electrons. The molecule has 1 aliphatic heterocycles. The Morgan fingerprint density at radius 3 is 2.24 bits per heavy atom. The van der Waals surface area contributed by atoms with Crippen molar-refractivity contribution in [2.45, 2.75) is 55.5 Å². The fourth-order valence-corrected chi connectivity index (χ4v) is 5.70. The lowest BCUT2D eigenvalue weighted by Crippen LogP contribution is -2.52. The molecule has 1 saturated heterocycles. The Bertz CT molecular complexity index is 1290. The molecular formula is C27H30ClF6N3O5. The lowest BCUT2D eigenvalue weighted by molar-refractivity contribution is -0.192. The number of nitrogens with zero attached hydrogens (tertiary/aromatic N) is 1. The van der Waals surface area contributed by atoms with Gasteiger partial charge in [-0.25, -0.2) is 9.59 Å². The first-order chi connectivity index (χ1) is 19.5. The predicted molar refractivity (Wildman–Crippen MR) is 142 cm³/mol. The zero-order valence-electron chi connectivity index (χ0n) is 22.8. The van der Waals surface area contributed by atoms with Crippen LogP contribution in [0.15, 0.2) is 36.4 Å². The molecule has 3 N–H and O–H groups in total. The molecule has 3 atom stereocenters. The molecule has 2 aromatic rings. The molecule has 15 heteroatoms. The number of aliphatic carboxylic acids is 1. The summed E-state index contributed by atoms with van der Waals surface area (Å²) in [4.78, 5) is 23.9. The largest absolute Gasteiger partial charge is 0.493 e. The Hall–Kier alpha value is -3.39. The van der Waals surface area contributed by atoms with Crippen molar-refractivity contribution >= 4 is 29.3 Å². The highest BCUT2D eigenvalue weighted by Gasteiger charge is 2.50. The molecule has 4 rings (SSSR count). The lowest BCUT2D eigenvalue weighted by atomic mass is 9.65. The van der Waals surface area contributed by atoms with Crippen LogP contribution in [-0.4, -0.2) is 68.1 Å². The van der Waals surface area contributed by atoms with Crippen LogP contribution in [-0.2, 0) is 16.4 Å². The Morgan fingerprint density at radius 2 is 1.67 bits per heavy atom. The maximum Gasteiger partial charge on any atom is 0.490 e. The van der Waals surface area contributed by atoms with E-state index in [1.54, 1.807) is 14.2 Å². The fourth-order valence-electron chi connectivity index (χ4n) is 5.54. The van der Waals surface area contributed by atoms with Crippen molar-refractivity contribution in [2.75, 3.05) is 33.1 Å². The van der Waals surface area contributed by atoms with Gasteiger partial charge in [0.2, 0.25) is 0 Å².